The van der Waals surface area contributed by atoms with Gasteiger partial charge < -0.3 is 20.6 Å². The zero-order chi connectivity index (χ0) is 15.8. The Balaban J connectivity index is 2.41. The molecule has 118 valence electrons. The minimum absolute atomic E-state index is 0.264. The molecule has 0 radical (unpaired) electrons. The van der Waals surface area contributed by atoms with E-state index in [4.69, 9.17) is 5.11 Å². The second-order valence-electron chi connectivity index (χ2n) is 5.41. The number of benzene rings is 1. The molecular weight excluding hydrogens is 273 g/mol. The largest absolute Gasteiger partial charge is 0.393 e. The molecule has 0 aromatic heterocycles. The standard InChI is InChI=1S/C15H24FN3O2/c1-11(20)6-7-17-15(21)18-9-12-4-5-13(10-19(2)3)14(16)8-12/h4-5,8,11,20H,6-7,9-10H2,1-3H3,(H2,17,18,21). The summed E-state index contributed by atoms with van der Waals surface area (Å²) in [5.41, 5.74) is 1.34. The highest BCUT2D eigenvalue weighted by atomic mass is 19.1. The summed E-state index contributed by atoms with van der Waals surface area (Å²) in [6.07, 6.45) is 0.0602. The summed E-state index contributed by atoms with van der Waals surface area (Å²) in [5.74, 6) is -0.266. The lowest BCUT2D eigenvalue weighted by Crippen LogP contribution is -2.36. The van der Waals surface area contributed by atoms with Crippen molar-refractivity contribution in [3.8, 4) is 0 Å². The Bertz CT molecular complexity index is 464. The Kier molecular flexibility index (Phi) is 7.11. The van der Waals surface area contributed by atoms with E-state index in [0.29, 0.717) is 30.6 Å². The average Bonchev–Trinajstić information content (AvgIpc) is 2.38. The lowest BCUT2D eigenvalue weighted by atomic mass is 10.1. The number of nitrogens with zero attached hydrogens (tertiary/aromatic N) is 1. The SMILES string of the molecule is CC(O)CCNC(=O)NCc1ccc(CN(C)C)c(F)c1. The first-order valence-corrected chi connectivity index (χ1v) is 7.00. The second kappa shape index (κ2) is 8.59. The van der Waals surface area contributed by atoms with Gasteiger partial charge in [0.1, 0.15) is 5.82 Å². The van der Waals surface area contributed by atoms with Crippen LogP contribution in [0.4, 0.5) is 9.18 Å². The molecule has 0 heterocycles. The summed E-state index contributed by atoms with van der Waals surface area (Å²) in [7, 11) is 3.76. The molecule has 21 heavy (non-hydrogen) atoms. The Morgan fingerprint density at radius 1 is 1.38 bits per heavy atom. The van der Waals surface area contributed by atoms with Gasteiger partial charge in [-0.2, -0.15) is 0 Å². The molecule has 3 N–H and O–H groups in total. The zero-order valence-electron chi connectivity index (χ0n) is 12.8. The van der Waals surface area contributed by atoms with Crippen LogP contribution in [0.2, 0.25) is 0 Å². The van der Waals surface area contributed by atoms with Crippen molar-refractivity contribution in [2.45, 2.75) is 32.5 Å². The van der Waals surface area contributed by atoms with Gasteiger partial charge in [0.25, 0.3) is 0 Å². The predicted molar refractivity (Wildman–Crippen MR) is 80.3 cm³/mol. The van der Waals surface area contributed by atoms with E-state index in [1.807, 2.05) is 19.0 Å². The van der Waals surface area contributed by atoms with Crippen LogP contribution < -0.4 is 10.6 Å². The molecule has 0 saturated carbocycles. The van der Waals surface area contributed by atoms with Crippen LogP contribution in [0.3, 0.4) is 0 Å². The van der Waals surface area contributed by atoms with E-state index < -0.39 is 6.10 Å². The van der Waals surface area contributed by atoms with Crippen LogP contribution in [0, 0.1) is 5.82 Å². The first-order chi connectivity index (χ1) is 9.88. The fraction of sp³-hybridized carbons (Fsp3) is 0.533. The molecule has 0 aliphatic heterocycles. The van der Waals surface area contributed by atoms with Crippen molar-refractivity contribution in [1.29, 1.82) is 0 Å². The van der Waals surface area contributed by atoms with Crippen LogP contribution in [0.25, 0.3) is 0 Å². The van der Waals surface area contributed by atoms with E-state index in [9.17, 15) is 9.18 Å². The first kappa shape index (κ1) is 17.4. The number of hydrogen-bond acceptors (Lipinski definition) is 3. The number of rotatable bonds is 7. The monoisotopic (exact) mass is 297 g/mol. The molecule has 0 aliphatic carbocycles. The number of aliphatic hydroxyl groups excluding tert-OH is 1. The fourth-order valence-electron chi connectivity index (χ4n) is 1.81. The van der Waals surface area contributed by atoms with Gasteiger partial charge in [0.15, 0.2) is 0 Å². The van der Waals surface area contributed by atoms with Gasteiger partial charge in [0.05, 0.1) is 6.10 Å². The minimum atomic E-state index is -0.441. The summed E-state index contributed by atoms with van der Waals surface area (Å²) < 4.78 is 13.8. The molecule has 1 atom stereocenters. The van der Waals surface area contributed by atoms with E-state index in [0.717, 1.165) is 0 Å². The van der Waals surface area contributed by atoms with Crippen LogP contribution in [0.5, 0.6) is 0 Å². The first-order valence-electron chi connectivity index (χ1n) is 7.00. The van der Waals surface area contributed by atoms with Gasteiger partial charge in [-0.05, 0) is 39.1 Å². The smallest absolute Gasteiger partial charge is 0.315 e. The zero-order valence-corrected chi connectivity index (χ0v) is 12.8. The molecule has 6 heteroatoms. The molecule has 0 saturated heterocycles. The maximum absolute atomic E-state index is 13.8. The topological polar surface area (TPSA) is 64.6 Å². The number of carbonyl (C=O) groups is 1. The predicted octanol–water partition coefficient (Wildman–Crippen LogP) is 1.46. The Morgan fingerprint density at radius 2 is 2.10 bits per heavy atom. The van der Waals surface area contributed by atoms with Crippen molar-refractivity contribution in [2.24, 2.45) is 0 Å². The summed E-state index contributed by atoms with van der Waals surface area (Å²) >= 11 is 0. The quantitative estimate of drug-likeness (QED) is 0.714. The van der Waals surface area contributed by atoms with Crippen molar-refractivity contribution >= 4 is 6.03 Å². The molecular formula is C15H24FN3O2. The maximum atomic E-state index is 13.8. The van der Waals surface area contributed by atoms with Gasteiger partial charge in [0, 0.05) is 25.2 Å². The molecule has 1 unspecified atom stereocenters. The number of aliphatic hydroxyl groups is 1. The van der Waals surface area contributed by atoms with Crippen molar-refractivity contribution in [1.82, 2.24) is 15.5 Å². The van der Waals surface area contributed by atoms with Gasteiger partial charge >= 0.3 is 6.03 Å². The molecule has 2 amide bonds. The number of nitrogens with one attached hydrogen (secondary N) is 2. The van der Waals surface area contributed by atoms with Crippen LogP contribution in [-0.2, 0) is 13.1 Å². The lowest BCUT2D eigenvalue weighted by Gasteiger charge is -2.12. The Morgan fingerprint density at radius 3 is 2.67 bits per heavy atom. The molecule has 1 aromatic carbocycles. The third kappa shape index (κ3) is 7.06. The molecule has 1 aromatic rings. The minimum Gasteiger partial charge on any atom is -0.393 e. The van der Waals surface area contributed by atoms with E-state index in [-0.39, 0.29) is 18.4 Å². The molecule has 0 fully saturated rings. The molecule has 0 bridgehead atoms. The normalized spacial score (nSPS) is 12.3. The van der Waals surface area contributed by atoms with Crippen LogP contribution in [0.1, 0.15) is 24.5 Å². The molecule has 0 aliphatic rings. The maximum Gasteiger partial charge on any atom is 0.315 e. The molecule has 5 nitrogen and oxygen atoms in total. The molecule has 0 spiro atoms. The number of halogens is 1. The number of hydrogen-bond donors (Lipinski definition) is 3. The third-order valence-electron chi connectivity index (χ3n) is 2.90. The lowest BCUT2D eigenvalue weighted by molar-refractivity contribution is 0.183. The van der Waals surface area contributed by atoms with Gasteiger partial charge in [-0.15, -0.1) is 0 Å². The Labute approximate surface area is 125 Å². The summed E-state index contributed by atoms with van der Waals surface area (Å²) in [5, 5.41) is 14.4. The Hall–Kier alpha value is -1.66. The van der Waals surface area contributed by atoms with Gasteiger partial charge in [-0.3, -0.25) is 0 Å². The van der Waals surface area contributed by atoms with E-state index >= 15 is 0 Å². The number of amides is 2. The summed E-state index contributed by atoms with van der Waals surface area (Å²) in [4.78, 5) is 13.4. The second-order valence-corrected chi connectivity index (χ2v) is 5.41. The highest BCUT2D eigenvalue weighted by Crippen LogP contribution is 2.11. The highest BCUT2D eigenvalue weighted by Gasteiger charge is 2.06. The summed E-state index contributed by atoms with van der Waals surface area (Å²) in [6, 6.07) is 4.65. The van der Waals surface area contributed by atoms with Gasteiger partial charge in [0.2, 0.25) is 0 Å². The summed E-state index contributed by atoms with van der Waals surface area (Å²) in [6.45, 7) is 2.87. The third-order valence-corrected chi connectivity index (χ3v) is 2.90. The highest BCUT2D eigenvalue weighted by molar-refractivity contribution is 5.73. The van der Waals surface area contributed by atoms with Crippen molar-refractivity contribution in [2.75, 3.05) is 20.6 Å². The van der Waals surface area contributed by atoms with Gasteiger partial charge in [-0.25, -0.2) is 9.18 Å². The van der Waals surface area contributed by atoms with Crippen LogP contribution >= 0.6 is 0 Å². The van der Waals surface area contributed by atoms with Crippen molar-refractivity contribution < 1.29 is 14.3 Å². The number of carbonyl (C=O) groups excluding carboxylic acids is 1. The van der Waals surface area contributed by atoms with E-state index in [1.54, 1.807) is 19.1 Å². The average molecular weight is 297 g/mol. The van der Waals surface area contributed by atoms with Crippen LogP contribution in [0.15, 0.2) is 18.2 Å². The number of urea groups is 1. The molecule has 1 rings (SSSR count). The fourth-order valence-corrected chi connectivity index (χ4v) is 1.81. The van der Waals surface area contributed by atoms with Crippen LogP contribution in [-0.4, -0.2) is 42.8 Å². The van der Waals surface area contributed by atoms with E-state index in [1.165, 1.54) is 6.07 Å². The van der Waals surface area contributed by atoms with Crippen molar-refractivity contribution in [3.63, 3.8) is 0 Å². The van der Waals surface area contributed by atoms with Gasteiger partial charge in [-0.1, -0.05) is 12.1 Å². The van der Waals surface area contributed by atoms with E-state index in [2.05, 4.69) is 10.6 Å². The van der Waals surface area contributed by atoms with Crippen molar-refractivity contribution in [3.05, 3.63) is 35.1 Å².